The summed E-state index contributed by atoms with van der Waals surface area (Å²) in [7, 11) is 1.47. The lowest BCUT2D eigenvalue weighted by molar-refractivity contribution is -0.118. The van der Waals surface area contributed by atoms with Crippen LogP contribution in [-0.4, -0.2) is 31.9 Å². The number of hydrazone groups is 1. The molecule has 8 nitrogen and oxygen atoms in total. The molecule has 0 aromatic heterocycles. The quantitative estimate of drug-likeness (QED) is 0.280. The van der Waals surface area contributed by atoms with Gasteiger partial charge in [-0.05, 0) is 78.7 Å². The fourth-order valence-corrected chi connectivity index (χ4v) is 3.05. The molecule has 0 bridgehead atoms. The third-order valence-electron chi connectivity index (χ3n) is 4.47. The third kappa shape index (κ3) is 7.31. The van der Waals surface area contributed by atoms with E-state index in [1.54, 1.807) is 24.3 Å². The molecular formula is C24H22BrFN4O4. The number of nitrogens with zero attached hydrogens (tertiary/aromatic N) is 1. The molecule has 0 aliphatic rings. The maximum atomic E-state index is 13.0. The molecule has 3 rings (SSSR count). The highest BCUT2D eigenvalue weighted by molar-refractivity contribution is 9.10. The highest BCUT2D eigenvalue weighted by Crippen LogP contribution is 2.27. The topological polar surface area (TPSA) is 101 Å². The zero-order chi connectivity index (χ0) is 24.5. The van der Waals surface area contributed by atoms with Gasteiger partial charge in [0.2, 0.25) is 0 Å². The van der Waals surface area contributed by atoms with Crippen molar-refractivity contribution in [2.45, 2.75) is 6.92 Å². The molecule has 0 spiro atoms. The number of methoxy groups -OCH3 is 1. The van der Waals surface area contributed by atoms with Crippen LogP contribution in [0.25, 0.3) is 0 Å². The van der Waals surface area contributed by atoms with Gasteiger partial charge in [0.15, 0.2) is 18.1 Å². The largest absolute Gasteiger partial charge is 0.493 e. The van der Waals surface area contributed by atoms with E-state index in [2.05, 4.69) is 37.1 Å². The number of aryl methyl sites for hydroxylation is 1. The van der Waals surface area contributed by atoms with E-state index in [9.17, 15) is 14.0 Å². The number of amides is 3. The standard InChI is InChI=1S/C24H22BrFN4O4/c1-15-11-19(8-9-20(15)25)29-24(32)30-27-13-16-3-10-21(22(12-16)33-2)34-14-23(31)28-18-6-4-17(26)5-7-18/h3-13H,14H2,1-2H3,(H,28,31)(H2,29,30,32)/b27-13+. The Labute approximate surface area is 204 Å². The maximum Gasteiger partial charge on any atom is 0.339 e. The van der Waals surface area contributed by atoms with Gasteiger partial charge in [0.25, 0.3) is 5.91 Å². The van der Waals surface area contributed by atoms with E-state index in [1.165, 1.54) is 37.6 Å². The molecule has 0 saturated heterocycles. The van der Waals surface area contributed by atoms with Gasteiger partial charge in [-0.2, -0.15) is 5.10 Å². The molecule has 0 aliphatic heterocycles. The lowest BCUT2D eigenvalue weighted by Crippen LogP contribution is -2.24. The number of halogens is 2. The van der Waals surface area contributed by atoms with Gasteiger partial charge in [0.05, 0.1) is 13.3 Å². The van der Waals surface area contributed by atoms with Crippen LogP contribution in [0.2, 0.25) is 0 Å². The van der Waals surface area contributed by atoms with Crippen molar-refractivity contribution >= 4 is 45.5 Å². The molecular weight excluding hydrogens is 507 g/mol. The number of carbonyl (C=O) groups is 2. The van der Waals surface area contributed by atoms with Crippen LogP contribution in [0.4, 0.5) is 20.6 Å². The molecule has 0 radical (unpaired) electrons. The van der Waals surface area contributed by atoms with E-state index in [4.69, 9.17) is 9.47 Å². The number of anilines is 2. The molecule has 0 saturated carbocycles. The molecule has 10 heteroatoms. The van der Waals surface area contributed by atoms with Crippen molar-refractivity contribution in [2.75, 3.05) is 24.4 Å². The fourth-order valence-electron chi connectivity index (χ4n) is 2.80. The SMILES string of the molecule is COc1cc(/C=N/NC(=O)Nc2ccc(Br)c(C)c2)ccc1OCC(=O)Nc1ccc(F)cc1. The molecule has 0 heterocycles. The number of hydrogen-bond donors (Lipinski definition) is 3. The van der Waals surface area contributed by atoms with Crippen LogP contribution in [0.5, 0.6) is 11.5 Å². The number of benzene rings is 3. The average molecular weight is 529 g/mol. The van der Waals surface area contributed by atoms with Gasteiger partial charge in [-0.3, -0.25) is 4.79 Å². The second kappa shape index (κ2) is 11.8. The Bertz CT molecular complexity index is 1200. The van der Waals surface area contributed by atoms with Crippen molar-refractivity contribution in [3.05, 3.63) is 82.1 Å². The summed E-state index contributed by atoms with van der Waals surface area (Å²) in [5.74, 6) is -0.0628. The second-order valence-electron chi connectivity index (χ2n) is 7.04. The molecule has 176 valence electrons. The summed E-state index contributed by atoms with van der Waals surface area (Å²) in [6, 6.07) is 15.3. The minimum atomic E-state index is -0.489. The van der Waals surface area contributed by atoms with Crippen LogP contribution in [-0.2, 0) is 4.79 Å². The Morgan fingerprint density at radius 3 is 2.44 bits per heavy atom. The van der Waals surface area contributed by atoms with Crippen molar-refractivity contribution in [3.8, 4) is 11.5 Å². The van der Waals surface area contributed by atoms with Crippen molar-refractivity contribution in [1.29, 1.82) is 0 Å². The summed E-state index contributed by atoms with van der Waals surface area (Å²) < 4.78 is 24.7. The molecule has 0 atom stereocenters. The zero-order valence-corrected chi connectivity index (χ0v) is 20.0. The zero-order valence-electron chi connectivity index (χ0n) is 18.4. The number of rotatable bonds is 8. The summed E-state index contributed by atoms with van der Waals surface area (Å²) in [5, 5.41) is 9.22. The highest BCUT2D eigenvalue weighted by atomic mass is 79.9. The van der Waals surface area contributed by atoms with E-state index in [0.717, 1.165) is 10.0 Å². The van der Waals surface area contributed by atoms with Crippen molar-refractivity contribution < 1.29 is 23.5 Å². The van der Waals surface area contributed by atoms with Crippen LogP contribution < -0.4 is 25.5 Å². The highest BCUT2D eigenvalue weighted by Gasteiger charge is 2.09. The van der Waals surface area contributed by atoms with Crippen LogP contribution >= 0.6 is 15.9 Å². The van der Waals surface area contributed by atoms with E-state index in [1.807, 2.05) is 19.1 Å². The number of hydrogen-bond acceptors (Lipinski definition) is 5. The summed E-state index contributed by atoms with van der Waals surface area (Å²) in [6.07, 6.45) is 1.44. The number of nitrogens with one attached hydrogen (secondary N) is 3. The van der Waals surface area contributed by atoms with Crippen LogP contribution in [0.3, 0.4) is 0 Å². The van der Waals surface area contributed by atoms with E-state index < -0.39 is 17.8 Å². The number of ether oxygens (including phenoxy) is 2. The molecule has 0 aliphatic carbocycles. The third-order valence-corrected chi connectivity index (χ3v) is 5.36. The predicted molar refractivity (Wildman–Crippen MR) is 132 cm³/mol. The first-order valence-electron chi connectivity index (χ1n) is 10.1. The Balaban J connectivity index is 1.52. The molecule has 3 aromatic carbocycles. The minimum Gasteiger partial charge on any atom is -0.493 e. The first kappa shape index (κ1) is 24.7. The second-order valence-corrected chi connectivity index (χ2v) is 7.90. The fraction of sp³-hybridized carbons (Fsp3) is 0.125. The lowest BCUT2D eigenvalue weighted by atomic mass is 10.2. The Morgan fingerprint density at radius 1 is 1.00 bits per heavy atom. The van der Waals surface area contributed by atoms with Crippen molar-refractivity contribution in [1.82, 2.24) is 5.43 Å². The van der Waals surface area contributed by atoms with Gasteiger partial charge in [0, 0.05) is 15.8 Å². The Morgan fingerprint density at radius 2 is 1.74 bits per heavy atom. The molecule has 3 amide bonds. The van der Waals surface area contributed by atoms with Crippen LogP contribution in [0, 0.1) is 12.7 Å². The van der Waals surface area contributed by atoms with Gasteiger partial charge in [0.1, 0.15) is 5.82 Å². The first-order valence-corrected chi connectivity index (χ1v) is 10.9. The first-order chi connectivity index (χ1) is 16.3. The van der Waals surface area contributed by atoms with E-state index in [-0.39, 0.29) is 6.61 Å². The van der Waals surface area contributed by atoms with Crippen LogP contribution in [0.1, 0.15) is 11.1 Å². The maximum absolute atomic E-state index is 13.0. The van der Waals surface area contributed by atoms with Gasteiger partial charge in [-0.25, -0.2) is 14.6 Å². The molecule has 0 unspecified atom stereocenters. The monoisotopic (exact) mass is 528 g/mol. The summed E-state index contributed by atoms with van der Waals surface area (Å²) >= 11 is 3.41. The minimum absolute atomic E-state index is 0.265. The average Bonchev–Trinajstić information content (AvgIpc) is 2.82. The predicted octanol–water partition coefficient (Wildman–Crippen LogP) is 5.08. The summed E-state index contributed by atoms with van der Waals surface area (Å²) in [6.45, 7) is 1.66. The van der Waals surface area contributed by atoms with Gasteiger partial charge >= 0.3 is 6.03 Å². The number of urea groups is 1. The van der Waals surface area contributed by atoms with Crippen molar-refractivity contribution in [3.63, 3.8) is 0 Å². The smallest absolute Gasteiger partial charge is 0.339 e. The summed E-state index contributed by atoms with van der Waals surface area (Å²) in [4.78, 5) is 24.1. The molecule has 3 aromatic rings. The number of carbonyl (C=O) groups excluding carboxylic acids is 2. The Hall–Kier alpha value is -3.92. The molecule has 34 heavy (non-hydrogen) atoms. The normalized spacial score (nSPS) is 10.6. The molecule has 3 N–H and O–H groups in total. The van der Waals surface area contributed by atoms with Gasteiger partial charge in [-0.1, -0.05) is 15.9 Å². The van der Waals surface area contributed by atoms with Crippen LogP contribution in [0.15, 0.2) is 70.2 Å². The lowest BCUT2D eigenvalue weighted by Gasteiger charge is -2.11. The summed E-state index contributed by atoms with van der Waals surface area (Å²) in [5.41, 5.74) is 5.12. The van der Waals surface area contributed by atoms with Gasteiger partial charge < -0.3 is 20.1 Å². The van der Waals surface area contributed by atoms with E-state index in [0.29, 0.717) is 28.4 Å². The van der Waals surface area contributed by atoms with E-state index >= 15 is 0 Å². The molecule has 0 fully saturated rings. The van der Waals surface area contributed by atoms with Gasteiger partial charge in [-0.15, -0.1) is 0 Å². The Kier molecular flexibility index (Phi) is 8.58. The van der Waals surface area contributed by atoms with Crippen molar-refractivity contribution in [2.24, 2.45) is 5.10 Å².